The summed E-state index contributed by atoms with van der Waals surface area (Å²) in [6, 6.07) is 0. The van der Waals surface area contributed by atoms with E-state index in [1.54, 1.807) is 7.11 Å². The molecule has 0 spiro atoms. The van der Waals surface area contributed by atoms with Gasteiger partial charge in [0.1, 0.15) is 0 Å². The summed E-state index contributed by atoms with van der Waals surface area (Å²) in [7, 11) is -2.78. The standard InChI is InChI=1S/C21H45O5PS/c1-3-4-5-6-7-8-9-10-11-12-13-14-15-16-17-28-20-21(18-25-2)19-26-27(22,23)24/h21H,3-20H2,1-2H3,(H2,22,23,24). The van der Waals surface area contributed by atoms with Gasteiger partial charge in [0.25, 0.3) is 0 Å². The third-order valence-corrected chi connectivity index (χ3v) is 6.65. The average molecular weight is 441 g/mol. The average Bonchev–Trinajstić information content (AvgIpc) is 2.65. The quantitative estimate of drug-likeness (QED) is 0.146. The summed E-state index contributed by atoms with van der Waals surface area (Å²) >= 11 is 1.82. The van der Waals surface area contributed by atoms with Gasteiger partial charge in [0.2, 0.25) is 0 Å². The van der Waals surface area contributed by atoms with Crippen molar-refractivity contribution in [2.75, 3.05) is 31.8 Å². The molecule has 0 saturated heterocycles. The van der Waals surface area contributed by atoms with Gasteiger partial charge in [0.05, 0.1) is 13.2 Å². The highest BCUT2D eigenvalue weighted by Gasteiger charge is 2.18. The third-order valence-electron chi connectivity index (χ3n) is 4.88. The summed E-state index contributed by atoms with van der Waals surface area (Å²) in [6.45, 7) is 2.78. The Morgan fingerprint density at radius 2 is 1.25 bits per heavy atom. The molecule has 0 radical (unpaired) electrons. The van der Waals surface area contributed by atoms with Crippen LogP contribution in [0, 0.1) is 5.92 Å². The Kier molecular flexibility index (Phi) is 21.0. The molecule has 1 unspecified atom stereocenters. The Bertz CT molecular complexity index is 365. The van der Waals surface area contributed by atoms with Crippen molar-refractivity contribution in [3.63, 3.8) is 0 Å². The molecule has 0 aromatic rings. The van der Waals surface area contributed by atoms with E-state index in [0.717, 1.165) is 11.5 Å². The van der Waals surface area contributed by atoms with Crippen LogP contribution in [0.2, 0.25) is 0 Å². The molecule has 0 bridgehead atoms. The van der Waals surface area contributed by atoms with Crippen molar-refractivity contribution in [2.45, 2.75) is 96.8 Å². The third kappa shape index (κ3) is 22.7. The van der Waals surface area contributed by atoms with E-state index in [0.29, 0.717) is 6.61 Å². The van der Waals surface area contributed by atoms with E-state index in [2.05, 4.69) is 11.4 Å². The van der Waals surface area contributed by atoms with Crippen LogP contribution in [0.1, 0.15) is 96.8 Å². The van der Waals surface area contributed by atoms with Crippen molar-refractivity contribution in [3.8, 4) is 0 Å². The van der Waals surface area contributed by atoms with Crippen LogP contribution in [-0.4, -0.2) is 41.6 Å². The van der Waals surface area contributed by atoms with Gasteiger partial charge in [-0.15, -0.1) is 0 Å². The molecular weight excluding hydrogens is 395 g/mol. The molecule has 1 atom stereocenters. The zero-order valence-electron chi connectivity index (χ0n) is 18.3. The highest BCUT2D eigenvalue weighted by molar-refractivity contribution is 7.99. The lowest BCUT2D eigenvalue weighted by Gasteiger charge is -2.16. The summed E-state index contributed by atoms with van der Waals surface area (Å²) in [5, 5.41) is 0. The summed E-state index contributed by atoms with van der Waals surface area (Å²) in [5.74, 6) is 1.93. The van der Waals surface area contributed by atoms with E-state index < -0.39 is 7.82 Å². The Morgan fingerprint density at radius 1 is 0.786 bits per heavy atom. The molecule has 0 rings (SSSR count). The highest BCUT2D eigenvalue weighted by atomic mass is 32.2. The van der Waals surface area contributed by atoms with Crippen LogP contribution < -0.4 is 0 Å². The monoisotopic (exact) mass is 440 g/mol. The number of methoxy groups -OCH3 is 1. The molecule has 0 saturated carbocycles. The first-order valence-electron chi connectivity index (χ1n) is 11.3. The second-order valence-electron chi connectivity index (χ2n) is 7.78. The summed E-state index contributed by atoms with van der Waals surface area (Å²) < 4.78 is 20.5. The topological polar surface area (TPSA) is 76.0 Å². The molecule has 0 fully saturated rings. The van der Waals surface area contributed by atoms with Crippen LogP contribution in [0.4, 0.5) is 0 Å². The number of phosphoric acid groups is 1. The molecule has 2 N–H and O–H groups in total. The maximum absolute atomic E-state index is 10.8. The predicted octanol–water partition coefficient (Wildman–Crippen LogP) is 6.57. The highest BCUT2D eigenvalue weighted by Crippen LogP contribution is 2.36. The number of hydrogen-bond donors (Lipinski definition) is 2. The molecule has 0 heterocycles. The molecule has 170 valence electrons. The van der Waals surface area contributed by atoms with Gasteiger partial charge in [0.15, 0.2) is 0 Å². The van der Waals surface area contributed by atoms with Gasteiger partial charge in [-0.25, -0.2) is 4.57 Å². The Balaban J connectivity index is 3.34. The van der Waals surface area contributed by atoms with Crippen LogP contribution in [0.15, 0.2) is 0 Å². The molecular formula is C21H45O5PS. The van der Waals surface area contributed by atoms with Crippen LogP contribution in [-0.2, 0) is 13.8 Å². The van der Waals surface area contributed by atoms with Gasteiger partial charge >= 0.3 is 7.82 Å². The SMILES string of the molecule is CCCCCCCCCCCCCCCCSCC(COC)COP(=O)(O)O. The normalized spacial score (nSPS) is 13.1. The number of hydrogen-bond acceptors (Lipinski definition) is 4. The van der Waals surface area contributed by atoms with Crippen molar-refractivity contribution >= 4 is 19.6 Å². The van der Waals surface area contributed by atoms with E-state index in [1.165, 1.54) is 89.9 Å². The van der Waals surface area contributed by atoms with Gasteiger partial charge in [-0.05, 0) is 12.2 Å². The fourth-order valence-corrected chi connectivity index (χ4v) is 4.74. The van der Waals surface area contributed by atoms with Crippen LogP contribution in [0.5, 0.6) is 0 Å². The minimum Gasteiger partial charge on any atom is -0.384 e. The maximum atomic E-state index is 10.8. The van der Waals surface area contributed by atoms with E-state index in [1.807, 2.05) is 11.8 Å². The maximum Gasteiger partial charge on any atom is 0.469 e. The van der Waals surface area contributed by atoms with Gasteiger partial charge in [-0.2, -0.15) is 11.8 Å². The summed E-state index contributed by atoms with van der Waals surface area (Å²) in [4.78, 5) is 17.6. The lowest BCUT2D eigenvalue weighted by molar-refractivity contribution is 0.111. The lowest BCUT2D eigenvalue weighted by Crippen LogP contribution is -2.17. The summed E-state index contributed by atoms with van der Waals surface area (Å²) in [5.41, 5.74) is 0. The minimum absolute atomic E-state index is 0.0225. The van der Waals surface area contributed by atoms with Crippen molar-refractivity contribution < 1.29 is 23.6 Å². The van der Waals surface area contributed by atoms with E-state index >= 15 is 0 Å². The zero-order valence-corrected chi connectivity index (χ0v) is 20.0. The van der Waals surface area contributed by atoms with Crippen molar-refractivity contribution in [3.05, 3.63) is 0 Å². The Hall–Kier alpha value is 0.420. The Morgan fingerprint density at radius 3 is 1.68 bits per heavy atom. The van der Waals surface area contributed by atoms with Gasteiger partial charge in [-0.1, -0.05) is 90.4 Å². The first-order chi connectivity index (χ1) is 13.5. The smallest absolute Gasteiger partial charge is 0.384 e. The Labute approximate surface area is 178 Å². The van der Waals surface area contributed by atoms with Crippen LogP contribution >= 0.6 is 19.6 Å². The number of ether oxygens (including phenoxy) is 1. The number of rotatable bonds is 22. The van der Waals surface area contributed by atoms with Crippen LogP contribution in [0.25, 0.3) is 0 Å². The molecule has 0 aromatic carbocycles. The first kappa shape index (κ1) is 28.4. The molecule has 0 aliphatic carbocycles. The number of thioether (sulfide) groups is 1. The molecule has 5 nitrogen and oxygen atoms in total. The molecule has 0 amide bonds. The van der Waals surface area contributed by atoms with Crippen LogP contribution in [0.3, 0.4) is 0 Å². The first-order valence-corrected chi connectivity index (χ1v) is 13.9. The van der Waals surface area contributed by atoms with Gasteiger partial charge in [-0.3, -0.25) is 4.52 Å². The molecule has 0 aliphatic heterocycles. The van der Waals surface area contributed by atoms with E-state index in [4.69, 9.17) is 14.5 Å². The second-order valence-corrected chi connectivity index (χ2v) is 10.2. The van der Waals surface area contributed by atoms with Gasteiger partial charge < -0.3 is 14.5 Å². The predicted molar refractivity (Wildman–Crippen MR) is 121 cm³/mol. The van der Waals surface area contributed by atoms with Crippen molar-refractivity contribution in [1.29, 1.82) is 0 Å². The summed E-state index contributed by atoms with van der Waals surface area (Å²) in [6.07, 6.45) is 19.2. The van der Waals surface area contributed by atoms with Crippen molar-refractivity contribution in [1.82, 2.24) is 0 Å². The lowest BCUT2D eigenvalue weighted by atomic mass is 10.0. The van der Waals surface area contributed by atoms with Gasteiger partial charge in [0, 0.05) is 18.8 Å². The zero-order chi connectivity index (χ0) is 20.9. The van der Waals surface area contributed by atoms with E-state index in [-0.39, 0.29) is 12.5 Å². The molecule has 0 aromatic heterocycles. The molecule has 0 aliphatic rings. The molecule has 28 heavy (non-hydrogen) atoms. The number of phosphoric ester groups is 1. The fraction of sp³-hybridized carbons (Fsp3) is 1.00. The van der Waals surface area contributed by atoms with Crippen molar-refractivity contribution in [2.24, 2.45) is 5.92 Å². The molecule has 7 heteroatoms. The largest absolute Gasteiger partial charge is 0.469 e. The van der Waals surface area contributed by atoms with E-state index in [9.17, 15) is 4.57 Å². The number of unbranched alkanes of at least 4 members (excludes halogenated alkanes) is 13. The fourth-order valence-electron chi connectivity index (χ4n) is 3.23. The second kappa shape index (κ2) is 20.7. The minimum atomic E-state index is -4.38.